The van der Waals surface area contributed by atoms with Crippen molar-refractivity contribution in [2.75, 3.05) is 6.61 Å². The summed E-state index contributed by atoms with van der Waals surface area (Å²) in [5, 5.41) is 10.5. The maximum atomic E-state index is 8.72. The van der Waals surface area contributed by atoms with Gasteiger partial charge in [-0.1, -0.05) is 41.6 Å². The first kappa shape index (κ1) is 13.1. The van der Waals surface area contributed by atoms with Crippen LogP contribution in [0.1, 0.15) is 5.56 Å². The molecule has 0 spiro atoms. The summed E-state index contributed by atoms with van der Waals surface area (Å²) < 4.78 is 5.60. The molecule has 0 atom stereocenters. The van der Waals surface area contributed by atoms with Crippen molar-refractivity contribution < 1.29 is 5.11 Å². The lowest BCUT2D eigenvalue weighted by Crippen LogP contribution is -1.79. The molecule has 0 saturated heterocycles. The molecule has 1 heterocycles. The van der Waals surface area contributed by atoms with E-state index in [1.807, 2.05) is 42.5 Å². The minimum Gasteiger partial charge on any atom is -0.384 e. The lowest BCUT2D eigenvalue weighted by molar-refractivity contribution is 0.350. The molecule has 0 bridgehead atoms. The van der Waals surface area contributed by atoms with E-state index in [1.54, 1.807) is 0 Å². The van der Waals surface area contributed by atoms with E-state index in [4.69, 9.17) is 16.7 Å². The third-order valence-electron chi connectivity index (χ3n) is 2.90. The Kier molecular flexibility index (Phi) is 3.70. The molecule has 0 aliphatic heterocycles. The van der Waals surface area contributed by atoms with E-state index in [2.05, 4.69) is 16.2 Å². The molecule has 0 radical (unpaired) electrons. The highest BCUT2D eigenvalue weighted by atomic mass is 35.5. The van der Waals surface area contributed by atoms with Gasteiger partial charge in [0.15, 0.2) is 0 Å². The largest absolute Gasteiger partial charge is 0.384 e. The molecule has 0 saturated carbocycles. The highest BCUT2D eigenvalue weighted by Gasteiger charge is 2.08. The minimum absolute atomic E-state index is 0.128. The molecule has 2 aromatic carbocycles. The predicted octanol–water partition coefficient (Wildman–Crippen LogP) is 3.96. The Morgan fingerprint density at radius 1 is 1.15 bits per heavy atom. The molecular formula is C16H10ClNOS. The average molecular weight is 300 g/mol. The summed E-state index contributed by atoms with van der Waals surface area (Å²) in [6, 6.07) is 13.6. The first-order valence-corrected chi connectivity index (χ1v) is 7.18. The van der Waals surface area contributed by atoms with Crippen molar-refractivity contribution in [2.24, 2.45) is 0 Å². The van der Waals surface area contributed by atoms with Crippen LogP contribution in [0.4, 0.5) is 0 Å². The highest BCUT2D eigenvalue weighted by Crippen LogP contribution is 2.31. The van der Waals surface area contributed by atoms with Gasteiger partial charge in [-0.15, -0.1) is 0 Å². The maximum Gasteiger partial charge on any atom is 0.104 e. The molecule has 0 amide bonds. The first-order valence-electron chi connectivity index (χ1n) is 6.03. The van der Waals surface area contributed by atoms with Crippen LogP contribution in [0.15, 0.2) is 42.5 Å². The predicted molar refractivity (Wildman–Crippen MR) is 84.0 cm³/mol. The summed E-state index contributed by atoms with van der Waals surface area (Å²) >= 11 is 7.35. The Labute approximate surface area is 125 Å². The van der Waals surface area contributed by atoms with Crippen LogP contribution in [0.3, 0.4) is 0 Å². The van der Waals surface area contributed by atoms with Gasteiger partial charge in [0.25, 0.3) is 0 Å². The van der Waals surface area contributed by atoms with Crippen LogP contribution in [0.25, 0.3) is 21.3 Å². The zero-order valence-electron chi connectivity index (χ0n) is 10.4. The zero-order valence-corrected chi connectivity index (χ0v) is 12.0. The Hall–Kier alpha value is -1.86. The van der Waals surface area contributed by atoms with Gasteiger partial charge in [-0.3, -0.25) is 0 Å². The standard InChI is InChI=1S/C16H10ClNOS/c17-13-6-4-12(5-7-13)16-14-8-3-11(2-1-9-19)10-15(14)20-18-16/h3-8,10,19H,9H2. The van der Waals surface area contributed by atoms with Crippen LogP contribution in [-0.4, -0.2) is 16.1 Å². The van der Waals surface area contributed by atoms with Crippen LogP contribution in [0.5, 0.6) is 0 Å². The number of benzene rings is 2. The Morgan fingerprint density at radius 3 is 2.70 bits per heavy atom. The lowest BCUT2D eigenvalue weighted by atomic mass is 10.1. The van der Waals surface area contributed by atoms with Gasteiger partial charge in [-0.2, -0.15) is 4.37 Å². The van der Waals surface area contributed by atoms with Crippen molar-refractivity contribution in [1.82, 2.24) is 4.37 Å². The van der Waals surface area contributed by atoms with Crippen molar-refractivity contribution >= 4 is 33.2 Å². The molecule has 4 heteroatoms. The minimum atomic E-state index is -0.128. The molecular weight excluding hydrogens is 290 g/mol. The number of aliphatic hydroxyl groups is 1. The summed E-state index contributed by atoms with van der Waals surface area (Å²) in [4.78, 5) is 0. The zero-order chi connectivity index (χ0) is 13.9. The third-order valence-corrected chi connectivity index (χ3v) is 3.96. The van der Waals surface area contributed by atoms with Gasteiger partial charge in [0, 0.05) is 21.5 Å². The Balaban J connectivity index is 2.08. The van der Waals surface area contributed by atoms with Gasteiger partial charge < -0.3 is 5.11 Å². The van der Waals surface area contributed by atoms with Crippen LogP contribution < -0.4 is 0 Å². The van der Waals surface area contributed by atoms with Crippen LogP contribution in [-0.2, 0) is 0 Å². The van der Waals surface area contributed by atoms with Crippen LogP contribution in [0, 0.1) is 11.8 Å². The summed E-state index contributed by atoms with van der Waals surface area (Å²) in [6.07, 6.45) is 0. The molecule has 0 unspecified atom stereocenters. The van der Waals surface area contributed by atoms with E-state index in [0.717, 1.165) is 31.9 Å². The number of aromatic nitrogens is 1. The number of fused-ring (bicyclic) bond motifs is 1. The van der Waals surface area contributed by atoms with Gasteiger partial charge in [0.1, 0.15) is 6.61 Å². The molecule has 2 nitrogen and oxygen atoms in total. The van der Waals surface area contributed by atoms with E-state index in [0.29, 0.717) is 0 Å². The normalized spacial score (nSPS) is 10.3. The summed E-state index contributed by atoms with van der Waals surface area (Å²) in [6.45, 7) is -0.128. The van der Waals surface area contributed by atoms with Gasteiger partial charge in [-0.25, -0.2) is 0 Å². The summed E-state index contributed by atoms with van der Waals surface area (Å²) in [5.41, 5.74) is 2.90. The van der Waals surface area contributed by atoms with Gasteiger partial charge in [-0.05, 0) is 35.8 Å². The van der Waals surface area contributed by atoms with Crippen molar-refractivity contribution in [3.8, 4) is 23.1 Å². The quantitative estimate of drug-likeness (QED) is 0.690. The van der Waals surface area contributed by atoms with Crippen LogP contribution >= 0.6 is 23.1 Å². The molecule has 0 aliphatic rings. The number of hydrogen-bond donors (Lipinski definition) is 1. The number of rotatable bonds is 1. The SMILES string of the molecule is OCC#Cc1ccc2c(-c3ccc(Cl)cc3)nsc2c1. The average Bonchev–Trinajstić information content (AvgIpc) is 2.89. The maximum absolute atomic E-state index is 8.72. The molecule has 1 aromatic heterocycles. The summed E-state index contributed by atoms with van der Waals surface area (Å²) in [5.74, 6) is 5.55. The second kappa shape index (κ2) is 5.64. The molecule has 1 N–H and O–H groups in total. The lowest BCUT2D eigenvalue weighted by Gasteiger charge is -1.98. The van der Waals surface area contributed by atoms with Crippen molar-refractivity contribution in [3.05, 3.63) is 53.1 Å². The molecule has 20 heavy (non-hydrogen) atoms. The fraction of sp³-hybridized carbons (Fsp3) is 0.0625. The fourth-order valence-electron chi connectivity index (χ4n) is 1.97. The van der Waals surface area contributed by atoms with E-state index >= 15 is 0 Å². The monoisotopic (exact) mass is 299 g/mol. The second-order valence-electron chi connectivity index (χ2n) is 4.21. The van der Waals surface area contributed by atoms with Crippen molar-refractivity contribution in [2.45, 2.75) is 0 Å². The van der Waals surface area contributed by atoms with E-state index in [1.165, 1.54) is 11.5 Å². The van der Waals surface area contributed by atoms with E-state index < -0.39 is 0 Å². The summed E-state index contributed by atoms with van der Waals surface area (Å²) in [7, 11) is 0. The van der Waals surface area contributed by atoms with E-state index in [-0.39, 0.29) is 6.61 Å². The Bertz CT molecular complexity index is 812. The van der Waals surface area contributed by atoms with Gasteiger partial charge in [0.2, 0.25) is 0 Å². The van der Waals surface area contributed by atoms with Crippen LogP contribution in [0.2, 0.25) is 5.02 Å². The molecule has 3 aromatic rings. The van der Waals surface area contributed by atoms with Gasteiger partial charge in [0.05, 0.1) is 10.4 Å². The smallest absolute Gasteiger partial charge is 0.104 e. The molecule has 3 rings (SSSR count). The number of halogens is 1. The molecule has 98 valence electrons. The number of aliphatic hydroxyl groups excluding tert-OH is 1. The molecule has 0 aliphatic carbocycles. The third kappa shape index (κ3) is 2.54. The topological polar surface area (TPSA) is 33.1 Å². The second-order valence-corrected chi connectivity index (χ2v) is 5.45. The first-order chi connectivity index (χ1) is 9.78. The number of hydrogen-bond acceptors (Lipinski definition) is 3. The highest BCUT2D eigenvalue weighted by molar-refractivity contribution is 7.13. The van der Waals surface area contributed by atoms with Crippen molar-refractivity contribution in [3.63, 3.8) is 0 Å². The number of nitrogens with zero attached hydrogens (tertiary/aromatic N) is 1. The molecule has 0 fully saturated rings. The van der Waals surface area contributed by atoms with Gasteiger partial charge >= 0.3 is 0 Å². The fourth-order valence-corrected chi connectivity index (χ4v) is 2.93. The Morgan fingerprint density at radius 2 is 1.95 bits per heavy atom. The van der Waals surface area contributed by atoms with E-state index in [9.17, 15) is 0 Å². The van der Waals surface area contributed by atoms with Crippen molar-refractivity contribution in [1.29, 1.82) is 0 Å².